The van der Waals surface area contributed by atoms with Crippen molar-refractivity contribution in [1.29, 1.82) is 5.26 Å². The van der Waals surface area contributed by atoms with Crippen molar-refractivity contribution in [3.63, 3.8) is 0 Å². The lowest BCUT2D eigenvalue weighted by Crippen LogP contribution is -2.21. The predicted octanol–water partition coefficient (Wildman–Crippen LogP) is 4.51. The molecule has 0 spiro atoms. The molecular formula is C17H24N2OS. The van der Waals surface area contributed by atoms with Gasteiger partial charge in [0.05, 0.1) is 5.56 Å². The third-order valence-corrected chi connectivity index (χ3v) is 5.82. The van der Waals surface area contributed by atoms with Gasteiger partial charge in [-0.15, -0.1) is 11.3 Å². The number of amides is 1. The van der Waals surface area contributed by atoms with Gasteiger partial charge in [-0.05, 0) is 43.6 Å². The third-order valence-electron chi connectivity index (χ3n) is 4.65. The summed E-state index contributed by atoms with van der Waals surface area (Å²) in [4.78, 5) is 13.6. The van der Waals surface area contributed by atoms with Crippen molar-refractivity contribution in [2.45, 2.75) is 59.3 Å². The number of nitrogens with one attached hydrogen (secondary N) is 1. The molecule has 0 fully saturated rings. The molecular weight excluding hydrogens is 280 g/mol. The van der Waals surface area contributed by atoms with E-state index in [0.717, 1.165) is 43.0 Å². The van der Waals surface area contributed by atoms with Crippen molar-refractivity contribution in [1.82, 2.24) is 0 Å². The van der Waals surface area contributed by atoms with Crippen LogP contribution in [0.25, 0.3) is 0 Å². The van der Waals surface area contributed by atoms with Gasteiger partial charge in [-0.3, -0.25) is 4.79 Å². The lowest BCUT2D eigenvalue weighted by Gasteiger charge is -2.20. The van der Waals surface area contributed by atoms with Gasteiger partial charge < -0.3 is 5.32 Å². The summed E-state index contributed by atoms with van der Waals surface area (Å²) in [5.41, 5.74) is 1.90. The van der Waals surface area contributed by atoms with Gasteiger partial charge in [-0.25, -0.2) is 0 Å². The van der Waals surface area contributed by atoms with Crippen LogP contribution in [0.15, 0.2) is 0 Å². The van der Waals surface area contributed by atoms with E-state index in [2.05, 4.69) is 18.3 Å². The van der Waals surface area contributed by atoms with E-state index in [4.69, 9.17) is 0 Å². The molecule has 4 heteroatoms. The van der Waals surface area contributed by atoms with E-state index in [1.165, 1.54) is 16.9 Å². The quantitative estimate of drug-likeness (QED) is 0.870. The van der Waals surface area contributed by atoms with Gasteiger partial charge in [-0.1, -0.05) is 27.2 Å². The summed E-state index contributed by atoms with van der Waals surface area (Å²) in [7, 11) is 0. The van der Waals surface area contributed by atoms with Crippen LogP contribution in [0.3, 0.4) is 0 Å². The summed E-state index contributed by atoms with van der Waals surface area (Å²) in [5, 5.41) is 13.2. The maximum atomic E-state index is 12.3. The maximum Gasteiger partial charge on any atom is 0.228 e. The summed E-state index contributed by atoms with van der Waals surface area (Å²) in [5.74, 6) is 0.825. The summed E-state index contributed by atoms with van der Waals surface area (Å²) < 4.78 is 0. The normalized spacial score (nSPS) is 17.4. The fraction of sp³-hybridized carbons (Fsp3) is 0.647. The standard InChI is InChI=1S/C17H24N2OS/c1-4-11-7-8-13-14(10-18)17(21-15(13)9-11)19-16(20)12(5-2)6-3/h11-12H,4-9H2,1-3H3,(H,19,20)/t11-/m1/s1. The Morgan fingerprint density at radius 3 is 2.71 bits per heavy atom. The first-order valence-electron chi connectivity index (χ1n) is 7.99. The largest absolute Gasteiger partial charge is 0.316 e. The zero-order valence-electron chi connectivity index (χ0n) is 13.2. The van der Waals surface area contributed by atoms with Gasteiger partial charge in [0, 0.05) is 10.8 Å². The zero-order valence-corrected chi connectivity index (χ0v) is 14.0. The van der Waals surface area contributed by atoms with Crippen LogP contribution in [0.5, 0.6) is 0 Å². The van der Waals surface area contributed by atoms with Crippen LogP contribution in [-0.2, 0) is 17.6 Å². The first-order chi connectivity index (χ1) is 10.1. The molecule has 1 amide bonds. The number of rotatable bonds is 5. The van der Waals surface area contributed by atoms with Gasteiger partial charge in [0.15, 0.2) is 0 Å². The second kappa shape index (κ2) is 7.09. The van der Waals surface area contributed by atoms with Crippen molar-refractivity contribution >= 4 is 22.2 Å². The molecule has 0 saturated carbocycles. The highest BCUT2D eigenvalue weighted by Gasteiger charge is 2.26. The van der Waals surface area contributed by atoms with Gasteiger partial charge in [0.2, 0.25) is 5.91 Å². The molecule has 21 heavy (non-hydrogen) atoms. The second-order valence-corrected chi connectivity index (χ2v) is 6.94. The first kappa shape index (κ1) is 16.0. The summed E-state index contributed by atoms with van der Waals surface area (Å²) in [6.07, 6.45) is 6.07. The summed E-state index contributed by atoms with van der Waals surface area (Å²) in [6, 6.07) is 2.31. The summed E-state index contributed by atoms with van der Waals surface area (Å²) >= 11 is 1.62. The number of nitriles is 1. The smallest absolute Gasteiger partial charge is 0.228 e. The summed E-state index contributed by atoms with van der Waals surface area (Å²) in [6.45, 7) is 6.29. The van der Waals surface area contributed by atoms with Crippen LogP contribution in [0, 0.1) is 23.2 Å². The van der Waals surface area contributed by atoms with E-state index < -0.39 is 0 Å². The van der Waals surface area contributed by atoms with Crippen molar-refractivity contribution in [2.75, 3.05) is 5.32 Å². The molecule has 2 rings (SSSR count). The lowest BCUT2D eigenvalue weighted by atomic mass is 9.86. The van der Waals surface area contributed by atoms with E-state index in [1.54, 1.807) is 11.3 Å². The van der Waals surface area contributed by atoms with Crippen molar-refractivity contribution < 1.29 is 4.79 Å². The van der Waals surface area contributed by atoms with E-state index in [0.29, 0.717) is 5.56 Å². The molecule has 0 unspecified atom stereocenters. The third kappa shape index (κ3) is 3.29. The molecule has 3 nitrogen and oxygen atoms in total. The Balaban J connectivity index is 2.23. The zero-order chi connectivity index (χ0) is 15.4. The highest BCUT2D eigenvalue weighted by molar-refractivity contribution is 7.16. The number of hydrogen-bond donors (Lipinski definition) is 1. The number of fused-ring (bicyclic) bond motifs is 1. The number of carbonyl (C=O) groups excluding carboxylic acids is 1. The SMILES string of the molecule is CCC(CC)C(=O)Nc1sc2c(c1C#N)CC[C@@H](CC)C2. The van der Waals surface area contributed by atoms with Gasteiger partial charge in [0.25, 0.3) is 0 Å². The molecule has 1 heterocycles. The molecule has 0 aromatic carbocycles. The minimum atomic E-state index is 0.0408. The Morgan fingerprint density at radius 1 is 1.43 bits per heavy atom. The van der Waals surface area contributed by atoms with Crippen molar-refractivity contribution in [3.05, 3.63) is 16.0 Å². The Morgan fingerprint density at radius 2 is 2.14 bits per heavy atom. The molecule has 0 saturated heterocycles. The minimum absolute atomic E-state index is 0.0408. The average Bonchev–Trinajstić information content (AvgIpc) is 2.84. The van der Waals surface area contributed by atoms with Crippen LogP contribution in [-0.4, -0.2) is 5.91 Å². The maximum absolute atomic E-state index is 12.3. The fourth-order valence-electron chi connectivity index (χ4n) is 3.08. The van der Waals surface area contributed by atoms with E-state index in [-0.39, 0.29) is 11.8 Å². The number of hydrogen-bond acceptors (Lipinski definition) is 3. The van der Waals surface area contributed by atoms with Crippen LogP contribution in [0.4, 0.5) is 5.00 Å². The number of nitrogens with zero attached hydrogens (tertiary/aromatic N) is 1. The number of anilines is 1. The Kier molecular flexibility index (Phi) is 5.41. The van der Waals surface area contributed by atoms with E-state index in [1.807, 2.05) is 13.8 Å². The van der Waals surface area contributed by atoms with Crippen molar-refractivity contribution in [3.8, 4) is 6.07 Å². The molecule has 1 aliphatic rings. The fourth-order valence-corrected chi connectivity index (χ4v) is 4.40. The predicted molar refractivity (Wildman–Crippen MR) is 87.5 cm³/mol. The average molecular weight is 304 g/mol. The molecule has 0 bridgehead atoms. The van der Waals surface area contributed by atoms with Crippen LogP contribution >= 0.6 is 11.3 Å². The molecule has 1 atom stereocenters. The Hall–Kier alpha value is -1.34. The molecule has 0 radical (unpaired) electrons. The highest BCUT2D eigenvalue weighted by Crippen LogP contribution is 2.40. The van der Waals surface area contributed by atoms with E-state index >= 15 is 0 Å². The second-order valence-electron chi connectivity index (χ2n) is 5.84. The minimum Gasteiger partial charge on any atom is -0.316 e. The molecule has 1 N–H and O–H groups in total. The van der Waals surface area contributed by atoms with Crippen LogP contribution in [0.1, 0.15) is 62.5 Å². The van der Waals surface area contributed by atoms with Gasteiger partial charge >= 0.3 is 0 Å². The topological polar surface area (TPSA) is 52.9 Å². The van der Waals surface area contributed by atoms with Gasteiger partial charge in [-0.2, -0.15) is 5.26 Å². The highest BCUT2D eigenvalue weighted by atomic mass is 32.1. The lowest BCUT2D eigenvalue weighted by molar-refractivity contribution is -0.120. The Labute approximate surface area is 131 Å². The number of carbonyl (C=O) groups is 1. The van der Waals surface area contributed by atoms with Gasteiger partial charge in [0.1, 0.15) is 11.1 Å². The molecule has 1 aliphatic carbocycles. The van der Waals surface area contributed by atoms with Crippen LogP contribution in [0.2, 0.25) is 0 Å². The Bertz CT molecular complexity index is 552. The van der Waals surface area contributed by atoms with Crippen LogP contribution < -0.4 is 5.32 Å². The van der Waals surface area contributed by atoms with Crippen molar-refractivity contribution in [2.24, 2.45) is 11.8 Å². The molecule has 114 valence electrons. The first-order valence-corrected chi connectivity index (χ1v) is 8.81. The van der Waals surface area contributed by atoms with E-state index in [9.17, 15) is 10.1 Å². The monoisotopic (exact) mass is 304 g/mol. The molecule has 1 aromatic rings. The molecule has 0 aliphatic heterocycles. The number of thiophene rings is 1. The molecule has 1 aromatic heterocycles.